The summed E-state index contributed by atoms with van der Waals surface area (Å²) in [5.74, 6) is 1.08. The van der Waals surface area contributed by atoms with E-state index in [2.05, 4.69) is 31.0 Å². The van der Waals surface area contributed by atoms with Crippen LogP contribution in [0.15, 0.2) is 0 Å². The predicted molar refractivity (Wildman–Crippen MR) is 131 cm³/mol. The molecule has 0 aromatic heterocycles. The minimum Gasteiger partial charge on any atom is -0.396 e. The molecular weight excluding hydrogens is 372 g/mol. The number of nitrogens with zero attached hydrogens (tertiary/aromatic N) is 1. The summed E-state index contributed by atoms with van der Waals surface area (Å²) < 4.78 is 0. The van der Waals surface area contributed by atoms with E-state index >= 15 is 0 Å². The molecule has 0 aliphatic heterocycles. The van der Waals surface area contributed by atoms with Crippen LogP contribution in [0.3, 0.4) is 0 Å². The smallest absolute Gasteiger partial charge is 0.219 e. The van der Waals surface area contributed by atoms with Gasteiger partial charge in [-0.05, 0) is 38.3 Å². The molecule has 0 spiro atoms. The summed E-state index contributed by atoms with van der Waals surface area (Å²) in [5.41, 5.74) is 0. The lowest BCUT2D eigenvalue weighted by molar-refractivity contribution is -0.121. The second-order valence-electron chi connectivity index (χ2n) is 9.39. The number of rotatable bonds is 23. The van der Waals surface area contributed by atoms with E-state index in [0.717, 1.165) is 51.4 Å². The number of carbonyl (C=O) groups excluding carboxylic acids is 1. The lowest BCUT2D eigenvalue weighted by atomic mass is 10.0. The second kappa shape index (κ2) is 23.1. The lowest BCUT2D eigenvalue weighted by Gasteiger charge is -2.19. The van der Waals surface area contributed by atoms with Gasteiger partial charge in [0.05, 0.1) is 0 Å². The average molecular weight is 427 g/mol. The minimum absolute atomic E-state index is 0.210. The fourth-order valence-electron chi connectivity index (χ4n) is 3.95. The van der Waals surface area contributed by atoms with Gasteiger partial charge in [0.15, 0.2) is 0 Å². The molecule has 4 nitrogen and oxygen atoms in total. The van der Waals surface area contributed by atoms with Crippen LogP contribution in [0, 0.1) is 5.92 Å². The van der Waals surface area contributed by atoms with Crippen molar-refractivity contribution in [2.45, 2.75) is 124 Å². The topological polar surface area (TPSA) is 52.6 Å². The highest BCUT2D eigenvalue weighted by Crippen LogP contribution is 2.14. The van der Waals surface area contributed by atoms with Gasteiger partial charge in [0, 0.05) is 26.1 Å². The Morgan fingerprint density at radius 3 is 1.77 bits per heavy atom. The van der Waals surface area contributed by atoms with Crippen molar-refractivity contribution in [2.24, 2.45) is 5.92 Å². The van der Waals surface area contributed by atoms with E-state index in [4.69, 9.17) is 5.11 Å². The molecule has 2 N–H and O–H groups in total. The molecule has 0 aromatic carbocycles. The van der Waals surface area contributed by atoms with Gasteiger partial charge in [-0.3, -0.25) is 4.79 Å². The third-order valence-electron chi connectivity index (χ3n) is 5.99. The fourth-order valence-corrected chi connectivity index (χ4v) is 3.95. The van der Waals surface area contributed by atoms with Crippen LogP contribution in [-0.4, -0.2) is 48.7 Å². The molecule has 0 rings (SSSR count). The number of hydrogen-bond acceptors (Lipinski definition) is 3. The highest BCUT2D eigenvalue weighted by atomic mass is 16.3. The van der Waals surface area contributed by atoms with Crippen LogP contribution >= 0.6 is 0 Å². The molecule has 30 heavy (non-hydrogen) atoms. The maximum absolute atomic E-state index is 11.9. The Morgan fingerprint density at radius 2 is 1.27 bits per heavy atom. The maximum Gasteiger partial charge on any atom is 0.219 e. The number of carbonyl (C=O) groups is 1. The standard InChI is InChI=1S/C26H54N2O2/c1-4-28(23-18-24-29)22-17-21-27-26(30)20-16-14-12-10-8-6-5-7-9-11-13-15-19-25(2)3/h25,29H,4-24H2,1-3H3,(H,27,30). The van der Waals surface area contributed by atoms with Gasteiger partial charge < -0.3 is 15.3 Å². The Hall–Kier alpha value is -0.610. The molecule has 0 bridgehead atoms. The highest BCUT2D eigenvalue weighted by molar-refractivity contribution is 5.75. The van der Waals surface area contributed by atoms with Crippen LogP contribution in [0.4, 0.5) is 0 Å². The van der Waals surface area contributed by atoms with Crippen molar-refractivity contribution in [1.82, 2.24) is 10.2 Å². The third-order valence-corrected chi connectivity index (χ3v) is 5.99. The number of amides is 1. The quantitative estimate of drug-likeness (QED) is 0.188. The molecule has 0 fully saturated rings. The van der Waals surface area contributed by atoms with E-state index < -0.39 is 0 Å². The van der Waals surface area contributed by atoms with Crippen LogP contribution in [0.2, 0.25) is 0 Å². The molecule has 4 heteroatoms. The first-order chi connectivity index (χ1) is 14.6. The van der Waals surface area contributed by atoms with Crippen LogP contribution in [0.1, 0.15) is 124 Å². The summed E-state index contributed by atoms with van der Waals surface area (Å²) in [6, 6.07) is 0. The van der Waals surface area contributed by atoms with Crippen molar-refractivity contribution in [3.05, 3.63) is 0 Å². The summed E-state index contributed by atoms with van der Waals surface area (Å²) in [7, 11) is 0. The van der Waals surface area contributed by atoms with Crippen molar-refractivity contribution in [1.29, 1.82) is 0 Å². The van der Waals surface area contributed by atoms with E-state index in [1.807, 2.05) is 0 Å². The van der Waals surface area contributed by atoms with Gasteiger partial charge in [0.2, 0.25) is 5.91 Å². The van der Waals surface area contributed by atoms with E-state index in [0.29, 0.717) is 6.42 Å². The average Bonchev–Trinajstić information content (AvgIpc) is 2.73. The molecule has 0 radical (unpaired) electrons. The lowest BCUT2D eigenvalue weighted by Crippen LogP contribution is -2.30. The molecule has 1 amide bonds. The maximum atomic E-state index is 11.9. The van der Waals surface area contributed by atoms with Gasteiger partial charge in [-0.1, -0.05) is 97.8 Å². The monoisotopic (exact) mass is 426 g/mol. The van der Waals surface area contributed by atoms with E-state index in [9.17, 15) is 4.79 Å². The first-order valence-electron chi connectivity index (χ1n) is 13.2. The molecule has 0 unspecified atom stereocenters. The molecule has 0 aliphatic rings. The van der Waals surface area contributed by atoms with Crippen LogP contribution in [0.25, 0.3) is 0 Å². The van der Waals surface area contributed by atoms with E-state index in [1.54, 1.807) is 0 Å². The summed E-state index contributed by atoms with van der Waals surface area (Å²) in [6.45, 7) is 10.8. The SMILES string of the molecule is CCN(CCCO)CCCNC(=O)CCCCCCCCCCCCCCC(C)C. The van der Waals surface area contributed by atoms with Gasteiger partial charge in [-0.2, -0.15) is 0 Å². The molecule has 0 atom stereocenters. The van der Waals surface area contributed by atoms with E-state index in [-0.39, 0.29) is 12.5 Å². The molecular formula is C26H54N2O2. The van der Waals surface area contributed by atoms with Gasteiger partial charge >= 0.3 is 0 Å². The highest BCUT2D eigenvalue weighted by Gasteiger charge is 2.03. The fraction of sp³-hybridized carbons (Fsp3) is 0.962. The Morgan fingerprint density at radius 1 is 0.767 bits per heavy atom. The van der Waals surface area contributed by atoms with Crippen LogP contribution < -0.4 is 5.32 Å². The van der Waals surface area contributed by atoms with Crippen LogP contribution in [-0.2, 0) is 4.79 Å². The van der Waals surface area contributed by atoms with Crippen molar-refractivity contribution >= 4 is 5.91 Å². The normalized spacial score (nSPS) is 11.5. The summed E-state index contributed by atoms with van der Waals surface area (Å²) in [4.78, 5) is 14.2. The van der Waals surface area contributed by atoms with Gasteiger partial charge in [-0.15, -0.1) is 0 Å². The number of hydrogen-bond donors (Lipinski definition) is 2. The molecule has 180 valence electrons. The number of aliphatic hydroxyl groups is 1. The molecule has 0 saturated carbocycles. The van der Waals surface area contributed by atoms with Gasteiger partial charge in [-0.25, -0.2) is 0 Å². The van der Waals surface area contributed by atoms with Gasteiger partial charge in [0.1, 0.15) is 0 Å². The zero-order chi connectivity index (χ0) is 22.3. The summed E-state index contributed by atoms with van der Waals surface area (Å²) in [6.07, 6.45) is 20.0. The van der Waals surface area contributed by atoms with Crippen LogP contribution in [0.5, 0.6) is 0 Å². The molecule has 0 aliphatic carbocycles. The third kappa shape index (κ3) is 22.1. The molecule has 0 saturated heterocycles. The van der Waals surface area contributed by atoms with Crippen molar-refractivity contribution in [2.75, 3.05) is 32.8 Å². The molecule has 0 heterocycles. The first kappa shape index (κ1) is 29.4. The summed E-state index contributed by atoms with van der Waals surface area (Å²) in [5, 5.41) is 12.0. The van der Waals surface area contributed by atoms with E-state index in [1.165, 1.54) is 77.0 Å². The van der Waals surface area contributed by atoms with Crippen molar-refractivity contribution in [3.8, 4) is 0 Å². The Balaban J connectivity index is 3.28. The zero-order valence-electron chi connectivity index (χ0n) is 20.7. The Labute approximate surface area is 188 Å². The number of unbranched alkanes of at least 4 members (excludes halogenated alkanes) is 11. The zero-order valence-corrected chi connectivity index (χ0v) is 20.7. The molecule has 0 aromatic rings. The van der Waals surface area contributed by atoms with Crippen molar-refractivity contribution in [3.63, 3.8) is 0 Å². The second-order valence-corrected chi connectivity index (χ2v) is 9.39. The number of aliphatic hydroxyl groups excluding tert-OH is 1. The Bertz CT molecular complexity index is 361. The first-order valence-corrected chi connectivity index (χ1v) is 13.2. The van der Waals surface area contributed by atoms with Crippen molar-refractivity contribution < 1.29 is 9.90 Å². The summed E-state index contributed by atoms with van der Waals surface area (Å²) >= 11 is 0. The minimum atomic E-state index is 0.210. The largest absolute Gasteiger partial charge is 0.396 e. The number of nitrogens with one attached hydrogen (secondary N) is 1. The van der Waals surface area contributed by atoms with Gasteiger partial charge in [0.25, 0.3) is 0 Å². The predicted octanol–water partition coefficient (Wildman–Crippen LogP) is 6.31. The Kier molecular flexibility index (Phi) is 22.6.